The fraction of sp³-hybridized carbons (Fsp3) is 0.455. The van der Waals surface area contributed by atoms with Crippen molar-refractivity contribution >= 4 is 45.6 Å². The number of aromatic nitrogens is 1. The second kappa shape index (κ2) is 11.1. The molecule has 3 rings (SSSR count). The molecule has 3 amide bonds. The van der Waals surface area contributed by atoms with Gasteiger partial charge in [-0.3, -0.25) is 14.4 Å². The zero-order valence-electron chi connectivity index (χ0n) is 18.6. The summed E-state index contributed by atoms with van der Waals surface area (Å²) < 4.78 is 5.37. The molecule has 1 aliphatic rings. The molecule has 0 spiro atoms. The number of hydrogen-bond acceptors (Lipinski definition) is 7. The third kappa shape index (κ3) is 6.76. The molecule has 172 valence electrons. The molecule has 2 aromatic rings. The normalized spacial score (nSPS) is 13.7. The highest BCUT2D eigenvalue weighted by molar-refractivity contribution is 7.13. The van der Waals surface area contributed by atoms with Crippen LogP contribution in [0.1, 0.15) is 19.5 Å². The topological polar surface area (TPSA) is 104 Å². The van der Waals surface area contributed by atoms with Crippen molar-refractivity contribution in [3.05, 3.63) is 35.3 Å². The van der Waals surface area contributed by atoms with Crippen LogP contribution in [0.15, 0.2) is 29.6 Å². The van der Waals surface area contributed by atoms with Crippen LogP contribution >= 0.6 is 11.3 Å². The number of amides is 3. The molecule has 1 saturated heterocycles. The maximum Gasteiger partial charge on any atom is 0.243 e. The lowest BCUT2D eigenvalue weighted by molar-refractivity contribution is -0.132. The van der Waals surface area contributed by atoms with E-state index >= 15 is 0 Å². The Hall–Kier alpha value is -2.98. The van der Waals surface area contributed by atoms with Gasteiger partial charge < -0.3 is 25.2 Å². The Morgan fingerprint density at radius 2 is 1.84 bits per heavy atom. The average molecular weight is 460 g/mol. The minimum Gasteiger partial charge on any atom is -0.378 e. The molecule has 9 nitrogen and oxygen atoms in total. The fourth-order valence-electron chi connectivity index (χ4n) is 3.07. The summed E-state index contributed by atoms with van der Waals surface area (Å²) in [4.78, 5) is 44.5. The molecule has 0 unspecified atom stereocenters. The number of nitrogens with zero attached hydrogens (tertiary/aromatic N) is 3. The SMILES string of the molecule is CC(C)C(=O)Nc1nc(CC(=O)N(C)CC(=O)Nc2ccc(N3CCOCC3)cc2)cs1. The smallest absolute Gasteiger partial charge is 0.243 e. The zero-order chi connectivity index (χ0) is 23.1. The van der Waals surface area contributed by atoms with Crippen LogP contribution in [0.2, 0.25) is 0 Å². The number of nitrogens with one attached hydrogen (secondary N) is 2. The third-order valence-corrected chi connectivity index (χ3v) is 5.78. The van der Waals surface area contributed by atoms with E-state index in [2.05, 4.69) is 20.5 Å². The van der Waals surface area contributed by atoms with Crippen molar-refractivity contribution in [3.63, 3.8) is 0 Å². The molecule has 2 N–H and O–H groups in total. The lowest BCUT2D eigenvalue weighted by Crippen LogP contribution is -2.36. The van der Waals surface area contributed by atoms with Gasteiger partial charge in [0.25, 0.3) is 0 Å². The highest BCUT2D eigenvalue weighted by Crippen LogP contribution is 2.19. The highest BCUT2D eigenvalue weighted by Gasteiger charge is 2.17. The van der Waals surface area contributed by atoms with Crippen molar-refractivity contribution < 1.29 is 19.1 Å². The van der Waals surface area contributed by atoms with Gasteiger partial charge in [0.1, 0.15) is 0 Å². The van der Waals surface area contributed by atoms with Crippen LogP contribution < -0.4 is 15.5 Å². The van der Waals surface area contributed by atoms with Crippen LogP contribution in [-0.2, 0) is 25.5 Å². The second-order valence-electron chi connectivity index (χ2n) is 7.91. The van der Waals surface area contributed by atoms with E-state index in [9.17, 15) is 14.4 Å². The zero-order valence-corrected chi connectivity index (χ0v) is 19.4. The van der Waals surface area contributed by atoms with Gasteiger partial charge in [-0.2, -0.15) is 0 Å². The van der Waals surface area contributed by atoms with Crippen LogP contribution in [0.25, 0.3) is 0 Å². The Bertz CT molecular complexity index is 938. The maximum absolute atomic E-state index is 12.5. The van der Waals surface area contributed by atoms with Gasteiger partial charge in [0.15, 0.2) is 5.13 Å². The van der Waals surface area contributed by atoms with Crippen molar-refractivity contribution in [1.29, 1.82) is 0 Å². The largest absolute Gasteiger partial charge is 0.378 e. The number of anilines is 3. The fourth-order valence-corrected chi connectivity index (χ4v) is 3.78. The Morgan fingerprint density at radius 1 is 1.16 bits per heavy atom. The van der Waals surface area contributed by atoms with Crippen molar-refractivity contribution in [2.75, 3.05) is 55.4 Å². The molecule has 32 heavy (non-hydrogen) atoms. The molecule has 1 aromatic carbocycles. The molecular formula is C22H29N5O4S. The Balaban J connectivity index is 1.46. The van der Waals surface area contributed by atoms with E-state index in [1.807, 2.05) is 24.3 Å². The number of carbonyl (C=O) groups is 3. The maximum atomic E-state index is 12.5. The summed E-state index contributed by atoms with van der Waals surface area (Å²) in [5.41, 5.74) is 2.33. The van der Waals surface area contributed by atoms with E-state index in [1.165, 1.54) is 16.2 Å². The quantitative estimate of drug-likeness (QED) is 0.627. The number of thiazole rings is 1. The molecule has 10 heteroatoms. The number of ether oxygens (including phenoxy) is 1. The van der Waals surface area contributed by atoms with Crippen molar-refractivity contribution in [2.45, 2.75) is 20.3 Å². The predicted molar refractivity (Wildman–Crippen MR) is 125 cm³/mol. The first-order valence-electron chi connectivity index (χ1n) is 10.5. The number of carbonyl (C=O) groups excluding carboxylic acids is 3. The van der Waals surface area contributed by atoms with Crippen LogP contribution in [0, 0.1) is 5.92 Å². The van der Waals surface area contributed by atoms with Gasteiger partial charge in [0.05, 0.1) is 31.9 Å². The van der Waals surface area contributed by atoms with E-state index in [0.717, 1.165) is 18.8 Å². The first-order chi connectivity index (χ1) is 15.3. The monoisotopic (exact) mass is 459 g/mol. The van der Waals surface area contributed by atoms with E-state index < -0.39 is 0 Å². The number of benzene rings is 1. The summed E-state index contributed by atoms with van der Waals surface area (Å²) in [5.74, 6) is -0.772. The minimum absolute atomic E-state index is 0.0616. The third-order valence-electron chi connectivity index (χ3n) is 4.97. The molecule has 1 fully saturated rings. The molecule has 0 saturated carbocycles. The summed E-state index contributed by atoms with van der Waals surface area (Å²) in [6, 6.07) is 7.64. The van der Waals surface area contributed by atoms with Crippen LogP contribution in [0.3, 0.4) is 0 Å². The van der Waals surface area contributed by atoms with Crippen LogP contribution in [-0.4, -0.2) is 67.5 Å². The first-order valence-corrected chi connectivity index (χ1v) is 11.4. The summed E-state index contributed by atoms with van der Waals surface area (Å²) in [6.45, 7) is 6.66. The van der Waals surface area contributed by atoms with Crippen LogP contribution in [0.5, 0.6) is 0 Å². The van der Waals surface area contributed by atoms with Crippen molar-refractivity contribution in [3.8, 4) is 0 Å². The van der Waals surface area contributed by atoms with E-state index in [4.69, 9.17) is 4.74 Å². The molecule has 0 bridgehead atoms. The van der Waals surface area contributed by atoms with Gasteiger partial charge in [-0.1, -0.05) is 13.8 Å². The lowest BCUT2D eigenvalue weighted by Gasteiger charge is -2.28. The van der Waals surface area contributed by atoms with Gasteiger partial charge in [-0.25, -0.2) is 4.98 Å². The van der Waals surface area contributed by atoms with Crippen molar-refractivity contribution in [2.24, 2.45) is 5.92 Å². The van der Waals surface area contributed by atoms with Crippen LogP contribution in [0.4, 0.5) is 16.5 Å². The Kier molecular flexibility index (Phi) is 8.18. The summed E-state index contributed by atoms with van der Waals surface area (Å²) >= 11 is 1.27. The molecule has 0 aliphatic carbocycles. The number of morpholine rings is 1. The van der Waals surface area contributed by atoms with E-state index in [0.29, 0.717) is 29.7 Å². The van der Waals surface area contributed by atoms with Crippen molar-refractivity contribution in [1.82, 2.24) is 9.88 Å². The second-order valence-corrected chi connectivity index (χ2v) is 8.77. The lowest BCUT2D eigenvalue weighted by atomic mass is 10.2. The Morgan fingerprint density at radius 3 is 2.50 bits per heavy atom. The minimum atomic E-state index is -0.275. The molecule has 1 aromatic heterocycles. The molecule has 0 atom stereocenters. The standard InChI is InChI=1S/C22H29N5O4S/c1-15(2)21(30)25-22-24-17(14-32-22)12-20(29)26(3)13-19(28)23-16-4-6-18(7-5-16)27-8-10-31-11-9-27/h4-7,14-15H,8-13H2,1-3H3,(H,23,28)(H,24,25,30). The van der Waals surface area contributed by atoms with E-state index in [-0.39, 0.29) is 36.6 Å². The number of likely N-dealkylation sites (N-methyl/N-ethyl adjacent to an activating group) is 1. The highest BCUT2D eigenvalue weighted by atomic mass is 32.1. The van der Waals surface area contributed by atoms with Gasteiger partial charge in [0, 0.05) is 42.8 Å². The molecule has 2 heterocycles. The molecule has 0 radical (unpaired) electrons. The first kappa shape index (κ1) is 23.7. The summed E-state index contributed by atoms with van der Waals surface area (Å²) in [7, 11) is 1.58. The van der Waals surface area contributed by atoms with Gasteiger partial charge >= 0.3 is 0 Å². The average Bonchev–Trinajstić information content (AvgIpc) is 3.21. The Labute approximate surface area is 191 Å². The molecular weight excluding hydrogens is 430 g/mol. The number of hydrogen-bond donors (Lipinski definition) is 2. The number of rotatable bonds is 8. The summed E-state index contributed by atoms with van der Waals surface area (Å²) in [6.07, 6.45) is 0.0616. The molecule has 1 aliphatic heterocycles. The van der Waals surface area contributed by atoms with Gasteiger partial charge in [0.2, 0.25) is 17.7 Å². The van der Waals surface area contributed by atoms with Gasteiger partial charge in [-0.15, -0.1) is 11.3 Å². The summed E-state index contributed by atoms with van der Waals surface area (Å²) in [5, 5.41) is 7.74. The van der Waals surface area contributed by atoms with Gasteiger partial charge in [-0.05, 0) is 24.3 Å². The van der Waals surface area contributed by atoms with E-state index in [1.54, 1.807) is 26.3 Å². The predicted octanol–water partition coefficient (Wildman–Crippen LogP) is 2.21.